The molecule has 108 valence electrons. The van der Waals surface area contributed by atoms with Crippen molar-refractivity contribution in [3.63, 3.8) is 0 Å². The Balaban J connectivity index is 2.09. The molecule has 2 aromatic carbocycles. The van der Waals surface area contributed by atoms with Crippen molar-refractivity contribution >= 4 is 12.0 Å². The molecule has 2 rings (SSSR count). The molecule has 0 aliphatic rings. The first-order valence-electron chi connectivity index (χ1n) is 6.22. The molecule has 0 amide bonds. The predicted octanol–water partition coefficient (Wildman–Crippen LogP) is 3.17. The molecule has 0 N–H and O–H groups in total. The lowest BCUT2D eigenvalue weighted by Gasteiger charge is -2.09. The van der Waals surface area contributed by atoms with Crippen LogP contribution in [0.1, 0.15) is 15.9 Å². The standard InChI is InChI=1S/C15H12FNO4/c16-13-6-3-5-12(10-18)15(13)21-9-8-11-4-1-2-7-14(11)17(19)20/h1-7,10H,8-9H2. The minimum atomic E-state index is -0.637. The smallest absolute Gasteiger partial charge is 0.272 e. The molecule has 6 heteroatoms. The first-order valence-corrected chi connectivity index (χ1v) is 6.22. The number of nitro benzene ring substituents is 1. The fourth-order valence-electron chi connectivity index (χ4n) is 1.93. The summed E-state index contributed by atoms with van der Waals surface area (Å²) in [6.45, 7) is 0.0344. The van der Waals surface area contributed by atoms with Gasteiger partial charge in [-0.1, -0.05) is 24.3 Å². The quantitative estimate of drug-likeness (QED) is 0.465. The highest BCUT2D eigenvalue weighted by atomic mass is 19.1. The third-order valence-corrected chi connectivity index (χ3v) is 2.93. The Morgan fingerprint density at radius 2 is 1.95 bits per heavy atom. The molecule has 0 heterocycles. The van der Waals surface area contributed by atoms with Crippen LogP contribution < -0.4 is 4.74 Å². The van der Waals surface area contributed by atoms with E-state index >= 15 is 0 Å². The highest BCUT2D eigenvalue weighted by Gasteiger charge is 2.13. The van der Waals surface area contributed by atoms with Gasteiger partial charge >= 0.3 is 0 Å². The van der Waals surface area contributed by atoms with Crippen molar-refractivity contribution < 1.29 is 18.8 Å². The van der Waals surface area contributed by atoms with E-state index < -0.39 is 10.7 Å². The van der Waals surface area contributed by atoms with Crippen LogP contribution in [0.4, 0.5) is 10.1 Å². The number of aldehydes is 1. The van der Waals surface area contributed by atoms with Gasteiger partial charge in [-0.15, -0.1) is 0 Å². The molecule has 0 aliphatic heterocycles. The molecule has 0 radical (unpaired) electrons. The fourth-order valence-corrected chi connectivity index (χ4v) is 1.93. The second-order valence-corrected chi connectivity index (χ2v) is 4.26. The summed E-state index contributed by atoms with van der Waals surface area (Å²) in [4.78, 5) is 21.2. The van der Waals surface area contributed by atoms with Gasteiger partial charge in [0.1, 0.15) is 0 Å². The first-order chi connectivity index (χ1) is 10.1. The van der Waals surface area contributed by atoms with Gasteiger partial charge in [-0.05, 0) is 12.1 Å². The van der Waals surface area contributed by atoms with Crippen molar-refractivity contribution in [3.05, 3.63) is 69.5 Å². The van der Waals surface area contributed by atoms with Crippen LogP contribution in [-0.4, -0.2) is 17.8 Å². The van der Waals surface area contributed by atoms with Crippen LogP contribution in [0.2, 0.25) is 0 Å². The SMILES string of the molecule is O=Cc1cccc(F)c1OCCc1ccccc1[N+](=O)[O-]. The second kappa shape index (κ2) is 6.60. The molecule has 0 atom stereocenters. The van der Waals surface area contributed by atoms with E-state index in [0.717, 1.165) is 0 Å². The van der Waals surface area contributed by atoms with Gasteiger partial charge in [0.05, 0.1) is 17.1 Å². The molecule has 0 bridgehead atoms. The summed E-state index contributed by atoms with van der Waals surface area (Å²) in [5.74, 6) is -0.770. The van der Waals surface area contributed by atoms with Crippen molar-refractivity contribution in [2.24, 2.45) is 0 Å². The first kappa shape index (κ1) is 14.6. The van der Waals surface area contributed by atoms with Crippen LogP contribution in [-0.2, 0) is 6.42 Å². The van der Waals surface area contributed by atoms with E-state index in [9.17, 15) is 19.3 Å². The molecule has 0 saturated heterocycles. The molecule has 0 saturated carbocycles. The minimum absolute atomic E-state index is 0.00903. The second-order valence-electron chi connectivity index (χ2n) is 4.26. The molecule has 21 heavy (non-hydrogen) atoms. The zero-order valence-corrected chi connectivity index (χ0v) is 11.0. The van der Waals surface area contributed by atoms with Crippen LogP contribution in [0.15, 0.2) is 42.5 Å². The zero-order chi connectivity index (χ0) is 15.2. The van der Waals surface area contributed by atoms with Gasteiger partial charge in [0.15, 0.2) is 17.9 Å². The van der Waals surface area contributed by atoms with Crippen LogP contribution in [0, 0.1) is 15.9 Å². The van der Waals surface area contributed by atoms with Crippen molar-refractivity contribution in [1.29, 1.82) is 0 Å². The maximum atomic E-state index is 13.6. The fraction of sp³-hybridized carbons (Fsp3) is 0.133. The average molecular weight is 289 g/mol. The molecule has 0 unspecified atom stereocenters. The maximum Gasteiger partial charge on any atom is 0.272 e. The van der Waals surface area contributed by atoms with Gasteiger partial charge < -0.3 is 4.74 Å². The maximum absolute atomic E-state index is 13.6. The van der Waals surface area contributed by atoms with Gasteiger partial charge in [-0.3, -0.25) is 14.9 Å². The number of hydrogen-bond donors (Lipinski definition) is 0. The lowest BCUT2D eigenvalue weighted by molar-refractivity contribution is -0.385. The van der Waals surface area contributed by atoms with Crippen LogP contribution in [0.3, 0.4) is 0 Å². The highest BCUT2D eigenvalue weighted by molar-refractivity contribution is 5.79. The van der Waals surface area contributed by atoms with Crippen molar-refractivity contribution in [2.75, 3.05) is 6.61 Å². The van der Waals surface area contributed by atoms with Crippen LogP contribution >= 0.6 is 0 Å². The number of ether oxygens (including phenoxy) is 1. The van der Waals surface area contributed by atoms with E-state index in [-0.39, 0.29) is 30.0 Å². The third-order valence-electron chi connectivity index (χ3n) is 2.93. The Morgan fingerprint density at radius 1 is 1.19 bits per heavy atom. The number of rotatable bonds is 6. The molecular weight excluding hydrogens is 277 g/mol. The van der Waals surface area contributed by atoms with Crippen LogP contribution in [0.5, 0.6) is 5.75 Å². The number of nitro groups is 1. The van der Waals surface area contributed by atoms with E-state index in [1.165, 1.54) is 24.3 Å². The lowest BCUT2D eigenvalue weighted by Crippen LogP contribution is -2.06. The molecule has 0 aliphatic carbocycles. The molecule has 5 nitrogen and oxygen atoms in total. The molecular formula is C15H12FNO4. The van der Waals surface area contributed by atoms with E-state index in [1.54, 1.807) is 18.2 Å². The van der Waals surface area contributed by atoms with Gasteiger partial charge in [-0.2, -0.15) is 0 Å². The molecule has 2 aromatic rings. The number of carbonyl (C=O) groups is 1. The van der Waals surface area contributed by atoms with Gasteiger partial charge in [0.2, 0.25) is 0 Å². The normalized spacial score (nSPS) is 10.1. The van der Waals surface area contributed by atoms with E-state index in [1.807, 2.05) is 0 Å². The largest absolute Gasteiger partial charge is 0.489 e. The van der Waals surface area contributed by atoms with Gasteiger partial charge in [0.25, 0.3) is 5.69 Å². The summed E-state index contributed by atoms with van der Waals surface area (Å²) >= 11 is 0. The summed E-state index contributed by atoms with van der Waals surface area (Å²) in [5, 5.41) is 10.9. The van der Waals surface area contributed by atoms with Crippen molar-refractivity contribution in [1.82, 2.24) is 0 Å². The average Bonchev–Trinajstić information content (AvgIpc) is 2.49. The Bertz CT molecular complexity index is 672. The minimum Gasteiger partial charge on any atom is -0.489 e. The summed E-state index contributed by atoms with van der Waals surface area (Å²) in [6.07, 6.45) is 0.743. The number of carbonyl (C=O) groups excluding carboxylic acids is 1. The number of hydrogen-bond acceptors (Lipinski definition) is 4. The number of nitrogens with zero attached hydrogens (tertiary/aromatic N) is 1. The Hall–Kier alpha value is -2.76. The summed E-state index contributed by atoms with van der Waals surface area (Å²) in [5.41, 5.74) is 0.592. The highest BCUT2D eigenvalue weighted by Crippen LogP contribution is 2.22. The summed E-state index contributed by atoms with van der Waals surface area (Å²) in [6, 6.07) is 10.3. The summed E-state index contributed by atoms with van der Waals surface area (Å²) < 4.78 is 18.8. The van der Waals surface area contributed by atoms with E-state index in [4.69, 9.17) is 4.74 Å². The third kappa shape index (κ3) is 3.42. The van der Waals surface area contributed by atoms with Crippen molar-refractivity contribution in [2.45, 2.75) is 6.42 Å². The van der Waals surface area contributed by atoms with E-state index in [2.05, 4.69) is 0 Å². The number of halogens is 1. The predicted molar refractivity (Wildman–Crippen MR) is 74.1 cm³/mol. The molecule has 0 aromatic heterocycles. The zero-order valence-electron chi connectivity index (χ0n) is 11.0. The lowest BCUT2D eigenvalue weighted by atomic mass is 10.1. The van der Waals surface area contributed by atoms with Gasteiger partial charge in [0, 0.05) is 18.1 Å². The Morgan fingerprint density at radius 3 is 2.67 bits per heavy atom. The number of benzene rings is 2. The van der Waals surface area contributed by atoms with Gasteiger partial charge in [-0.25, -0.2) is 4.39 Å². The topological polar surface area (TPSA) is 69.4 Å². The molecule has 0 fully saturated rings. The van der Waals surface area contributed by atoms with E-state index in [0.29, 0.717) is 11.8 Å². The monoisotopic (exact) mass is 289 g/mol. The van der Waals surface area contributed by atoms with Crippen molar-refractivity contribution in [3.8, 4) is 5.75 Å². The molecule has 0 spiro atoms. The Labute approximate surface area is 120 Å². The Kier molecular flexibility index (Phi) is 4.61. The number of para-hydroxylation sites is 2. The summed E-state index contributed by atoms with van der Waals surface area (Å²) in [7, 11) is 0. The van der Waals surface area contributed by atoms with Crippen LogP contribution in [0.25, 0.3) is 0 Å².